The molecule has 2 amide bonds. The number of benzene rings is 3. The minimum atomic E-state index is -0.852. The van der Waals surface area contributed by atoms with E-state index in [-0.39, 0.29) is 24.0 Å². The van der Waals surface area contributed by atoms with Gasteiger partial charge in [0.2, 0.25) is 0 Å². The number of fused-ring (bicyclic) bond motifs is 1. The summed E-state index contributed by atoms with van der Waals surface area (Å²) in [5, 5.41) is 12.9. The quantitative estimate of drug-likeness (QED) is 0.614. The summed E-state index contributed by atoms with van der Waals surface area (Å²) in [5.74, 6) is -1.07. The molecule has 0 fully saturated rings. The first kappa shape index (κ1) is 20.7. The molecule has 3 aromatic carbocycles. The van der Waals surface area contributed by atoms with Gasteiger partial charge in [0.25, 0.3) is 0 Å². The van der Waals surface area contributed by atoms with Gasteiger partial charge in [0.05, 0.1) is 19.3 Å². The summed E-state index contributed by atoms with van der Waals surface area (Å²) in [6, 6.07) is 15.1. The van der Waals surface area contributed by atoms with E-state index in [9.17, 15) is 18.7 Å². The van der Waals surface area contributed by atoms with Gasteiger partial charge in [-0.1, -0.05) is 24.3 Å². The summed E-state index contributed by atoms with van der Waals surface area (Å²) in [6.07, 6.45) is 1.29. The number of amides is 2. The highest BCUT2D eigenvalue weighted by molar-refractivity contribution is 5.89. The predicted molar refractivity (Wildman–Crippen MR) is 113 cm³/mol. The molecule has 0 bridgehead atoms. The highest BCUT2D eigenvalue weighted by Crippen LogP contribution is 2.30. The Kier molecular flexibility index (Phi) is 5.75. The Morgan fingerprint density at radius 1 is 1.10 bits per heavy atom. The Morgan fingerprint density at radius 3 is 2.42 bits per heavy atom. The van der Waals surface area contributed by atoms with Crippen molar-refractivity contribution in [2.45, 2.75) is 25.4 Å². The van der Waals surface area contributed by atoms with Crippen LogP contribution in [0.2, 0.25) is 0 Å². The molecule has 0 saturated heterocycles. The number of phenolic OH excluding ortho intramolecular Hbond substituents is 1. The van der Waals surface area contributed by atoms with Crippen molar-refractivity contribution in [3.8, 4) is 11.5 Å². The van der Waals surface area contributed by atoms with Gasteiger partial charge in [-0.05, 0) is 48.2 Å². The number of ether oxygens (including phenoxy) is 1. The molecule has 1 aliphatic carbocycles. The first-order valence-electron chi connectivity index (χ1n) is 9.90. The van der Waals surface area contributed by atoms with Crippen LogP contribution in [0.5, 0.6) is 11.5 Å². The normalized spacial score (nSPS) is 13.0. The molecule has 0 aliphatic heterocycles. The van der Waals surface area contributed by atoms with E-state index in [1.165, 1.54) is 19.2 Å². The third-order valence-electron chi connectivity index (χ3n) is 5.54. The van der Waals surface area contributed by atoms with Crippen molar-refractivity contribution >= 4 is 11.7 Å². The lowest BCUT2D eigenvalue weighted by Crippen LogP contribution is -2.43. The van der Waals surface area contributed by atoms with Gasteiger partial charge in [0.15, 0.2) is 0 Å². The molecule has 31 heavy (non-hydrogen) atoms. The standard InChI is InChI=1S/C24H22F2N2O3/c1-31-20-8-6-17(23(29)13-20)14-28(19-10-15-4-2-3-5-16(15)11-19)24(30)27-22-9-7-18(25)12-21(22)26/h2-9,12-13,19,29H,10-11,14H2,1H3,(H,27,30). The number of carbonyl (C=O) groups excluding carboxylic acids is 1. The zero-order valence-electron chi connectivity index (χ0n) is 16.9. The van der Waals surface area contributed by atoms with Crippen LogP contribution in [-0.2, 0) is 19.4 Å². The molecule has 0 saturated carbocycles. The number of halogens is 2. The highest BCUT2D eigenvalue weighted by atomic mass is 19.1. The van der Waals surface area contributed by atoms with E-state index in [4.69, 9.17) is 4.74 Å². The average Bonchev–Trinajstić information content (AvgIpc) is 3.18. The minimum absolute atomic E-state index is 0.000578. The molecule has 0 radical (unpaired) electrons. The van der Waals surface area contributed by atoms with Gasteiger partial charge in [-0.2, -0.15) is 0 Å². The van der Waals surface area contributed by atoms with Gasteiger partial charge >= 0.3 is 6.03 Å². The number of phenols is 1. The van der Waals surface area contributed by atoms with Crippen molar-refractivity contribution in [2.75, 3.05) is 12.4 Å². The monoisotopic (exact) mass is 424 g/mol. The lowest BCUT2D eigenvalue weighted by Gasteiger charge is -2.29. The summed E-state index contributed by atoms with van der Waals surface area (Å²) < 4.78 is 32.5. The van der Waals surface area contributed by atoms with E-state index in [0.717, 1.165) is 23.3 Å². The number of carbonyl (C=O) groups is 1. The van der Waals surface area contributed by atoms with Crippen molar-refractivity contribution < 1.29 is 23.4 Å². The van der Waals surface area contributed by atoms with Crippen LogP contribution in [-0.4, -0.2) is 29.2 Å². The molecule has 5 nitrogen and oxygen atoms in total. The van der Waals surface area contributed by atoms with E-state index < -0.39 is 17.7 Å². The number of nitrogens with zero attached hydrogens (tertiary/aromatic N) is 1. The van der Waals surface area contributed by atoms with Crippen LogP contribution >= 0.6 is 0 Å². The van der Waals surface area contributed by atoms with Crippen molar-refractivity contribution in [1.82, 2.24) is 4.90 Å². The molecule has 0 unspecified atom stereocenters. The molecule has 0 aromatic heterocycles. The molecule has 2 N–H and O–H groups in total. The zero-order valence-corrected chi connectivity index (χ0v) is 16.9. The van der Waals surface area contributed by atoms with Crippen LogP contribution < -0.4 is 10.1 Å². The maximum absolute atomic E-state index is 14.1. The number of aromatic hydroxyl groups is 1. The Bertz CT molecular complexity index is 1090. The number of anilines is 1. The van der Waals surface area contributed by atoms with E-state index in [1.807, 2.05) is 24.3 Å². The predicted octanol–water partition coefficient (Wildman–Crippen LogP) is 4.88. The fourth-order valence-corrected chi connectivity index (χ4v) is 3.89. The second-order valence-electron chi connectivity index (χ2n) is 7.51. The fraction of sp³-hybridized carbons (Fsp3) is 0.208. The SMILES string of the molecule is COc1ccc(CN(C(=O)Nc2ccc(F)cc2F)C2Cc3ccccc3C2)c(O)c1. The molecule has 3 aromatic rings. The second kappa shape index (κ2) is 8.63. The maximum atomic E-state index is 14.1. The molecule has 160 valence electrons. The molecular formula is C24H22F2N2O3. The maximum Gasteiger partial charge on any atom is 0.322 e. The Labute approximate surface area is 178 Å². The molecule has 0 heterocycles. The van der Waals surface area contributed by atoms with Gasteiger partial charge < -0.3 is 20.1 Å². The summed E-state index contributed by atoms with van der Waals surface area (Å²) >= 11 is 0. The fourth-order valence-electron chi connectivity index (χ4n) is 3.89. The van der Waals surface area contributed by atoms with Crippen molar-refractivity contribution in [2.24, 2.45) is 0 Å². The van der Waals surface area contributed by atoms with E-state index in [2.05, 4.69) is 5.32 Å². The molecule has 1 aliphatic rings. The number of hydrogen-bond donors (Lipinski definition) is 2. The van der Waals surface area contributed by atoms with Crippen LogP contribution in [0.1, 0.15) is 16.7 Å². The first-order chi connectivity index (χ1) is 14.9. The lowest BCUT2D eigenvalue weighted by molar-refractivity contribution is 0.185. The molecule has 0 atom stereocenters. The Balaban J connectivity index is 1.61. The zero-order chi connectivity index (χ0) is 22.0. The van der Waals surface area contributed by atoms with Crippen molar-refractivity contribution in [1.29, 1.82) is 0 Å². The van der Waals surface area contributed by atoms with Crippen LogP contribution in [0.15, 0.2) is 60.7 Å². The third-order valence-corrected chi connectivity index (χ3v) is 5.54. The summed E-state index contributed by atoms with van der Waals surface area (Å²) in [4.78, 5) is 14.7. The lowest BCUT2D eigenvalue weighted by atomic mass is 10.1. The average molecular weight is 424 g/mol. The number of rotatable bonds is 5. The van der Waals surface area contributed by atoms with Gasteiger partial charge in [-0.25, -0.2) is 13.6 Å². The van der Waals surface area contributed by atoms with E-state index >= 15 is 0 Å². The van der Waals surface area contributed by atoms with Crippen molar-refractivity contribution in [3.63, 3.8) is 0 Å². The third kappa shape index (κ3) is 4.45. The molecule has 7 heteroatoms. The number of hydrogen-bond acceptors (Lipinski definition) is 3. The number of nitrogens with one attached hydrogen (secondary N) is 1. The van der Waals surface area contributed by atoms with Gasteiger partial charge in [-0.3, -0.25) is 0 Å². The van der Waals surface area contributed by atoms with E-state index in [1.54, 1.807) is 17.0 Å². The summed E-state index contributed by atoms with van der Waals surface area (Å²) in [6.45, 7) is 0.114. The van der Waals surface area contributed by atoms with Crippen molar-refractivity contribution in [3.05, 3.63) is 89.0 Å². The minimum Gasteiger partial charge on any atom is -0.507 e. The number of urea groups is 1. The van der Waals surface area contributed by atoms with Crippen LogP contribution in [0.4, 0.5) is 19.3 Å². The van der Waals surface area contributed by atoms with Crippen LogP contribution in [0, 0.1) is 11.6 Å². The Morgan fingerprint density at radius 2 is 1.81 bits per heavy atom. The molecule has 4 rings (SSSR count). The molecular weight excluding hydrogens is 402 g/mol. The van der Waals surface area contributed by atoms with Gasteiger partial charge in [-0.15, -0.1) is 0 Å². The largest absolute Gasteiger partial charge is 0.507 e. The van der Waals surface area contributed by atoms with Crippen LogP contribution in [0.3, 0.4) is 0 Å². The van der Waals surface area contributed by atoms with E-state index in [0.29, 0.717) is 24.2 Å². The van der Waals surface area contributed by atoms with Gasteiger partial charge in [0, 0.05) is 23.7 Å². The topological polar surface area (TPSA) is 61.8 Å². The second-order valence-corrected chi connectivity index (χ2v) is 7.51. The summed E-state index contributed by atoms with van der Waals surface area (Å²) in [5.41, 5.74) is 2.73. The first-order valence-corrected chi connectivity index (χ1v) is 9.90. The number of methoxy groups -OCH3 is 1. The Hall–Kier alpha value is -3.61. The van der Waals surface area contributed by atoms with Gasteiger partial charge in [0.1, 0.15) is 23.1 Å². The van der Waals surface area contributed by atoms with Crippen LogP contribution in [0.25, 0.3) is 0 Å². The highest BCUT2D eigenvalue weighted by Gasteiger charge is 2.31. The smallest absolute Gasteiger partial charge is 0.322 e. The summed E-state index contributed by atoms with van der Waals surface area (Å²) in [7, 11) is 1.50. The molecule has 0 spiro atoms.